The molecule has 0 bridgehead atoms. The van der Waals surface area contributed by atoms with Gasteiger partial charge in [-0.1, -0.05) is 6.92 Å². The molecular formula is C13H14F3N3O. The monoisotopic (exact) mass is 285 g/mol. The van der Waals surface area contributed by atoms with Gasteiger partial charge in [0, 0.05) is 19.2 Å². The number of amides is 1. The zero-order valence-electron chi connectivity index (χ0n) is 11.1. The summed E-state index contributed by atoms with van der Waals surface area (Å²) < 4.78 is 39.2. The third-order valence-electron chi connectivity index (χ3n) is 2.90. The van der Waals surface area contributed by atoms with E-state index in [0.717, 1.165) is 4.57 Å². The molecule has 0 fully saturated rings. The summed E-state index contributed by atoms with van der Waals surface area (Å²) in [4.78, 5) is 15.0. The van der Waals surface area contributed by atoms with Crippen LogP contribution < -0.4 is 5.32 Å². The summed E-state index contributed by atoms with van der Waals surface area (Å²) in [6.07, 6.45) is -3.43. The van der Waals surface area contributed by atoms with Gasteiger partial charge in [-0.25, -0.2) is 4.98 Å². The van der Waals surface area contributed by atoms with Crippen molar-refractivity contribution >= 4 is 22.6 Å². The van der Waals surface area contributed by atoms with Crippen LogP contribution in [-0.4, -0.2) is 15.5 Å². The van der Waals surface area contributed by atoms with E-state index in [1.54, 1.807) is 6.07 Å². The number of nitrogens with one attached hydrogen (secondary N) is 1. The molecule has 0 atom stereocenters. The molecule has 0 radical (unpaired) electrons. The summed E-state index contributed by atoms with van der Waals surface area (Å²) in [6, 6.07) is 4.52. The van der Waals surface area contributed by atoms with Gasteiger partial charge in [-0.3, -0.25) is 4.79 Å². The highest BCUT2D eigenvalue weighted by Gasteiger charge is 2.36. The molecule has 0 aliphatic carbocycles. The first-order chi connectivity index (χ1) is 9.32. The average Bonchev–Trinajstić information content (AvgIpc) is 2.66. The molecule has 0 spiro atoms. The second-order valence-electron chi connectivity index (χ2n) is 4.49. The topological polar surface area (TPSA) is 46.9 Å². The lowest BCUT2D eigenvalue weighted by Crippen LogP contribution is -2.12. The van der Waals surface area contributed by atoms with Crippen molar-refractivity contribution in [3.8, 4) is 0 Å². The summed E-state index contributed by atoms with van der Waals surface area (Å²) in [6.45, 7) is 1.87. The van der Waals surface area contributed by atoms with Crippen LogP contribution in [0.2, 0.25) is 0 Å². The van der Waals surface area contributed by atoms with E-state index in [1.807, 2.05) is 6.92 Å². The Morgan fingerprint density at radius 1 is 1.40 bits per heavy atom. The number of hydrogen-bond donors (Lipinski definition) is 1. The summed E-state index contributed by atoms with van der Waals surface area (Å²) >= 11 is 0. The van der Waals surface area contributed by atoms with Gasteiger partial charge in [0.05, 0.1) is 11.0 Å². The van der Waals surface area contributed by atoms with Gasteiger partial charge in [0.25, 0.3) is 0 Å². The van der Waals surface area contributed by atoms with E-state index in [2.05, 4.69) is 10.3 Å². The Labute approximate surface area is 113 Å². The van der Waals surface area contributed by atoms with Crippen LogP contribution >= 0.6 is 0 Å². The van der Waals surface area contributed by atoms with Gasteiger partial charge < -0.3 is 9.88 Å². The summed E-state index contributed by atoms with van der Waals surface area (Å²) in [5, 5.41) is 2.63. The van der Waals surface area contributed by atoms with Gasteiger partial charge in [-0.05, 0) is 24.6 Å². The standard InChI is InChI=1S/C13H14F3N3O/c1-3-4-11(20)17-8-5-6-10-9(7-8)18-12(19(10)2)13(14,15)16/h5-7H,3-4H2,1-2H3,(H,17,20). The van der Waals surface area contributed by atoms with Gasteiger partial charge in [-0.15, -0.1) is 0 Å². The number of imidazole rings is 1. The second-order valence-corrected chi connectivity index (χ2v) is 4.49. The fraction of sp³-hybridized carbons (Fsp3) is 0.385. The Bertz CT molecular complexity index is 646. The molecule has 0 unspecified atom stereocenters. The molecule has 0 saturated carbocycles. The minimum Gasteiger partial charge on any atom is -0.326 e. The number of rotatable bonds is 3. The van der Waals surface area contributed by atoms with Crippen molar-refractivity contribution in [1.29, 1.82) is 0 Å². The molecule has 0 saturated heterocycles. The zero-order valence-corrected chi connectivity index (χ0v) is 11.1. The molecule has 1 aromatic heterocycles. The number of halogens is 3. The molecule has 7 heteroatoms. The van der Waals surface area contributed by atoms with Crippen molar-refractivity contribution < 1.29 is 18.0 Å². The number of carbonyl (C=O) groups is 1. The van der Waals surface area contributed by atoms with Crippen LogP contribution in [0.1, 0.15) is 25.6 Å². The van der Waals surface area contributed by atoms with Gasteiger partial charge in [0.1, 0.15) is 0 Å². The number of nitrogens with zero attached hydrogens (tertiary/aromatic N) is 2. The third kappa shape index (κ3) is 2.76. The first kappa shape index (κ1) is 14.4. The Kier molecular flexibility index (Phi) is 3.69. The van der Waals surface area contributed by atoms with Crippen LogP contribution in [0.15, 0.2) is 18.2 Å². The van der Waals surface area contributed by atoms with Crippen molar-refractivity contribution in [3.05, 3.63) is 24.0 Å². The number of anilines is 1. The lowest BCUT2D eigenvalue weighted by Gasteiger charge is -2.05. The van der Waals surface area contributed by atoms with Gasteiger partial charge >= 0.3 is 6.18 Å². The Balaban J connectivity index is 2.38. The molecule has 1 N–H and O–H groups in total. The highest BCUT2D eigenvalue weighted by molar-refractivity contribution is 5.93. The van der Waals surface area contributed by atoms with Crippen molar-refractivity contribution in [2.75, 3.05) is 5.32 Å². The first-order valence-electron chi connectivity index (χ1n) is 6.16. The Hall–Kier alpha value is -2.05. The normalized spacial score (nSPS) is 11.8. The Morgan fingerprint density at radius 2 is 2.10 bits per heavy atom. The van der Waals surface area contributed by atoms with Crippen LogP contribution in [0, 0.1) is 0 Å². The number of fused-ring (bicyclic) bond motifs is 1. The summed E-state index contributed by atoms with van der Waals surface area (Å²) in [7, 11) is 1.31. The van der Waals surface area contributed by atoms with Crippen LogP contribution in [0.25, 0.3) is 11.0 Å². The Morgan fingerprint density at radius 3 is 2.70 bits per heavy atom. The largest absolute Gasteiger partial charge is 0.449 e. The molecular weight excluding hydrogens is 271 g/mol. The van der Waals surface area contributed by atoms with E-state index in [-0.39, 0.29) is 11.4 Å². The molecule has 1 amide bonds. The van der Waals surface area contributed by atoms with Crippen molar-refractivity contribution in [1.82, 2.24) is 9.55 Å². The van der Waals surface area contributed by atoms with Crippen LogP contribution in [0.4, 0.5) is 18.9 Å². The number of hydrogen-bond acceptors (Lipinski definition) is 2. The van der Waals surface area contributed by atoms with Crippen LogP contribution in [-0.2, 0) is 18.0 Å². The minimum absolute atomic E-state index is 0.168. The smallest absolute Gasteiger partial charge is 0.326 e. The first-order valence-corrected chi connectivity index (χ1v) is 6.16. The number of alkyl halides is 3. The average molecular weight is 285 g/mol. The second kappa shape index (κ2) is 5.15. The summed E-state index contributed by atoms with van der Waals surface area (Å²) in [5.74, 6) is -1.12. The van der Waals surface area contributed by atoms with Gasteiger partial charge in [0.15, 0.2) is 0 Å². The van der Waals surface area contributed by atoms with E-state index >= 15 is 0 Å². The van der Waals surface area contributed by atoms with Gasteiger partial charge in [0.2, 0.25) is 11.7 Å². The SMILES string of the molecule is CCCC(=O)Nc1ccc2c(c1)nc(C(F)(F)F)n2C. The quantitative estimate of drug-likeness (QED) is 0.940. The fourth-order valence-corrected chi connectivity index (χ4v) is 1.98. The third-order valence-corrected chi connectivity index (χ3v) is 2.90. The molecule has 4 nitrogen and oxygen atoms in total. The van der Waals surface area contributed by atoms with Crippen molar-refractivity contribution in [2.45, 2.75) is 25.9 Å². The lowest BCUT2D eigenvalue weighted by molar-refractivity contribution is -0.146. The zero-order chi connectivity index (χ0) is 14.9. The van der Waals surface area contributed by atoms with E-state index < -0.39 is 12.0 Å². The predicted octanol–water partition coefficient (Wildman–Crippen LogP) is 3.33. The number of aromatic nitrogens is 2. The molecule has 0 aliphatic heterocycles. The maximum absolute atomic E-state index is 12.7. The van der Waals surface area contributed by atoms with E-state index in [1.165, 1.54) is 19.2 Å². The number of carbonyl (C=O) groups excluding carboxylic acids is 1. The maximum Gasteiger partial charge on any atom is 0.449 e. The van der Waals surface area contributed by atoms with Crippen molar-refractivity contribution in [2.24, 2.45) is 7.05 Å². The number of benzene rings is 1. The summed E-state index contributed by atoms with van der Waals surface area (Å²) in [5.41, 5.74) is 1.02. The van der Waals surface area contributed by atoms with Gasteiger partial charge in [-0.2, -0.15) is 13.2 Å². The highest BCUT2D eigenvalue weighted by atomic mass is 19.4. The molecule has 108 valence electrons. The van der Waals surface area contributed by atoms with Crippen LogP contribution in [0.5, 0.6) is 0 Å². The maximum atomic E-state index is 12.7. The molecule has 2 aromatic rings. The molecule has 20 heavy (non-hydrogen) atoms. The van der Waals surface area contributed by atoms with Crippen LogP contribution in [0.3, 0.4) is 0 Å². The van der Waals surface area contributed by atoms with E-state index in [4.69, 9.17) is 0 Å². The number of aryl methyl sites for hydroxylation is 1. The molecule has 1 heterocycles. The lowest BCUT2D eigenvalue weighted by atomic mass is 10.2. The van der Waals surface area contributed by atoms with E-state index in [9.17, 15) is 18.0 Å². The molecule has 0 aliphatic rings. The van der Waals surface area contributed by atoms with E-state index in [0.29, 0.717) is 24.0 Å². The predicted molar refractivity (Wildman–Crippen MR) is 69.3 cm³/mol. The minimum atomic E-state index is -4.50. The fourth-order valence-electron chi connectivity index (χ4n) is 1.98. The highest BCUT2D eigenvalue weighted by Crippen LogP contribution is 2.31. The molecule has 2 rings (SSSR count). The van der Waals surface area contributed by atoms with Crippen molar-refractivity contribution in [3.63, 3.8) is 0 Å². The molecule has 1 aromatic carbocycles.